The summed E-state index contributed by atoms with van der Waals surface area (Å²) >= 11 is 0. The molecule has 0 saturated heterocycles. The summed E-state index contributed by atoms with van der Waals surface area (Å²) < 4.78 is 0. The molecule has 0 heterocycles. The Kier molecular flexibility index (Phi) is 63.5. The van der Waals surface area contributed by atoms with Crippen LogP contribution in [0.15, 0.2) is 0 Å². The second-order valence-electron chi connectivity index (χ2n) is 2.54. The molecule has 0 atom stereocenters. The first-order valence-electron chi connectivity index (χ1n) is 4.95. The minimum atomic E-state index is -1.08. The van der Waals surface area contributed by atoms with Crippen molar-refractivity contribution in [3.05, 3.63) is 0 Å². The molecule has 0 spiro atoms. The average molecular weight is 497 g/mol. The SMILES string of the molecule is CC(=O)[O-].CC(=O)[O-].CC(=O)[O-].CC(=O)[O-].NCCN.[Hg+4]. The van der Waals surface area contributed by atoms with Gasteiger partial charge in [-0.2, -0.15) is 0 Å². The molecule has 10 nitrogen and oxygen atoms in total. The van der Waals surface area contributed by atoms with Gasteiger partial charge < -0.3 is 51.1 Å². The molecule has 120 valence electrons. The van der Waals surface area contributed by atoms with Crippen LogP contribution in [0.4, 0.5) is 0 Å². The summed E-state index contributed by atoms with van der Waals surface area (Å²) in [5.41, 5.74) is 9.81. The van der Waals surface area contributed by atoms with E-state index in [2.05, 4.69) is 0 Å². The maximum Gasteiger partial charge on any atom is 4.00 e. The van der Waals surface area contributed by atoms with Gasteiger partial charge in [-0.05, 0) is 27.7 Å². The molecule has 0 unspecified atom stereocenters. The fourth-order valence-corrected chi connectivity index (χ4v) is 0. The molecule has 0 aliphatic carbocycles. The van der Waals surface area contributed by atoms with Gasteiger partial charge in [0.1, 0.15) is 0 Å². The largest absolute Gasteiger partial charge is 4.00 e. The Morgan fingerprint density at radius 2 is 0.667 bits per heavy atom. The fourth-order valence-electron chi connectivity index (χ4n) is 0. The molecule has 11 heteroatoms. The third-order valence-corrected chi connectivity index (χ3v) is 0.167. The number of hydrogen-bond donors (Lipinski definition) is 2. The van der Waals surface area contributed by atoms with E-state index >= 15 is 0 Å². The fraction of sp³-hybridized carbons (Fsp3) is 0.600. The van der Waals surface area contributed by atoms with E-state index < -0.39 is 23.9 Å². The minimum Gasteiger partial charge on any atom is -0.550 e. The number of aliphatic carboxylic acids is 4. The zero-order valence-electron chi connectivity index (χ0n) is 12.5. The summed E-state index contributed by atoms with van der Waals surface area (Å²) in [5, 5.41) is 35.6. The van der Waals surface area contributed by atoms with E-state index in [-0.39, 0.29) is 27.7 Å². The van der Waals surface area contributed by atoms with Crippen molar-refractivity contribution in [1.82, 2.24) is 0 Å². The van der Waals surface area contributed by atoms with Crippen LogP contribution in [0.3, 0.4) is 0 Å². The third-order valence-electron chi connectivity index (χ3n) is 0.167. The first-order chi connectivity index (χ1) is 8.84. The molecule has 0 radical (unpaired) electrons. The Labute approximate surface area is 143 Å². The standard InChI is InChI=1S/C2H8N2.4C2H4O2.Hg/c3-1-2-4;4*1-2(3)4;/h1-4H2;4*1H3,(H,3,4);/q;;;;;+4/p-4. The monoisotopic (exact) mass is 498 g/mol. The zero-order chi connectivity index (χ0) is 17.7. The summed E-state index contributed by atoms with van der Waals surface area (Å²) in [7, 11) is 0. The smallest absolute Gasteiger partial charge is 0.550 e. The summed E-state index contributed by atoms with van der Waals surface area (Å²) in [6.45, 7) is 5.08. The van der Waals surface area contributed by atoms with Crippen LogP contribution in [-0.4, -0.2) is 37.0 Å². The van der Waals surface area contributed by atoms with Gasteiger partial charge >= 0.3 is 27.7 Å². The van der Waals surface area contributed by atoms with Gasteiger partial charge in [-0.1, -0.05) is 0 Å². The van der Waals surface area contributed by atoms with E-state index in [0.29, 0.717) is 13.1 Å². The van der Waals surface area contributed by atoms with Crippen LogP contribution in [0.25, 0.3) is 0 Å². The maximum absolute atomic E-state index is 8.89. The topological polar surface area (TPSA) is 213 Å². The van der Waals surface area contributed by atoms with Crippen LogP contribution in [0.1, 0.15) is 27.7 Å². The molecule has 21 heavy (non-hydrogen) atoms. The second kappa shape index (κ2) is 36.3. The van der Waals surface area contributed by atoms with Gasteiger partial charge in [-0.3, -0.25) is 0 Å². The van der Waals surface area contributed by atoms with Crippen LogP contribution in [-0.2, 0) is 46.8 Å². The molecule has 0 aliphatic heterocycles. The Hall–Kier alpha value is -1.26. The van der Waals surface area contributed by atoms with Crippen molar-refractivity contribution < 1.29 is 67.3 Å². The molecular weight excluding hydrogens is 477 g/mol. The van der Waals surface area contributed by atoms with Crippen LogP contribution in [0.2, 0.25) is 0 Å². The first-order valence-corrected chi connectivity index (χ1v) is 4.95. The Bertz CT molecular complexity index is 195. The molecule has 0 saturated carbocycles. The van der Waals surface area contributed by atoms with E-state index in [4.69, 9.17) is 51.1 Å². The van der Waals surface area contributed by atoms with Crippen molar-refractivity contribution in [3.8, 4) is 0 Å². The summed E-state index contributed by atoms with van der Waals surface area (Å²) in [6, 6.07) is 0. The van der Waals surface area contributed by atoms with Crippen molar-refractivity contribution in [3.63, 3.8) is 0 Å². The van der Waals surface area contributed by atoms with Crippen molar-refractivity contribution in [2.75, 3.05) is 13.1 Å². The second-order valence-corrected chi connectivity index (χ2v) is 2.54. The molecule has 4 N–H and O–H groups in total. The quantitative estimate of drug-likeness (QED) is 0.327. The molecule has 0 rings (SSSR count). The zero-order valence-corrected chi connectivity index (χ0v) is 18.0. The van der Waals surface area contributed by atoms with E-state index in [1.807, 2.05) is 0 Å². The summed E-state index contributed by atoms with van der Waals surface area (Å²) in [4.78, 5) is 35.6. The molecule has 0 aliphatic rings. The van der Waals surface area contributed by atoms with Gasteiger partial charge in [-0.15, -0.1) is 0 Å². The van der Waals surface area contributed by atoms with E-state index in [1.54, 1.807) is 0 Å². The van der Waals surface area contributed by atoms with E-state index in [1.165, 1.54) is 0 Å². The number of carboxylic acids is 4. The average Bonchev–Trinajstić information content (AvgIpc) is 2.13. The number of hydrogen-bond acceptors (Lipinski definition) is 10. The van der Waals surface area contributed by atoms with Gasteiger partial charge in [-0.25, -0.2) is 0 Å². The van der Waals surface area contributed by atoms with Gasteiger partial charge in [0.2, 0.25) is 0 Å². The minimum absolute atomic E-state index is 0. The Morgan fingerprint density at radius 3 is 0.667 bits per heavy atom. The predicted molar refractivity (Wildman–Crippen MR) is 60.8 cm³/mol. The van der Waals surface area contributed by atoms with Crippen LogP contribution >= 0.6 is 0 Å². The predicted octanol–water partition coefficient (Wildman–Crippen LogP) is -6.07. The Morgan fingerprint density at radius 1 is 0.619 bits per heavy atom. The normalized spacial score (nSPS) is 6.19. The number of nitrogens with two attached hydrogens (primary N) is 2. The molecular formula is C10H20HgN2O8. The van der Waals surface area contributed by atoms with E-state index in [0.717, 1.165) is 27.7 Å². The molecule has 0 aromatic carbocycles. The van der Waals surface area contributed by atoms with Gasteiger partial charge in [0, 0.05) is 37.0 Å². The number of carboxylic acid groups (broad SMARTS) is 4. The molecule has 0 aromatic rings. The van der Waals surface area contributed by atoms with Gasteiger partial charge in [0.05, 0.1) is 0 Å². The first kappa shape index (κ1) is 36.7. The molecule has 0 fully saturated rings. The third kappa shape index (κ3) is 74800. The van der Waals surface area contributed by atoms with E-state index in [9.17, 15) is 0 Å². The van der Waals surface area contributed by atoms with Crippen LogP contribution in [0.5, 0.6) is 0 Å². The summed E-state index contributed by atoms with van der Waals surface area (Å²) in [6.07, 6.45) is 0. The van der Waals surface area contributed by atoms with Crippen molar-refractivity contribution in [1.29, 1.82) is 0 Å². The van der Waals surface area contributed by atoms with Gasteiger partial charge in [0.25, 0.3) is 0 Å². The van der Waals surface area contributed by atoms with Crippen molar-refractivity contribution in [2.45, 2.75) is 27.7 Å². The number of rotatable bonds is 1. The number of carbonyl (C=O) groups excluding carboxylic acids is 4. The van der Waals surface area contributed by atoms with Crippen molar-refractivity contribution in [2.24, 2.45) is 11.5 Å². The van der Waals surface area contributed by atoms with Crippen molar-refractivity contribution >= 4 is 23.9 Å². The molecule has 0 aromatic heterocycles. The van der Waals surface area contributed by atoms with Gasteiger partial charge in [0.15, 0.2) is 0 Å². The van der Waals surface area contributed by atoms with Crippen LogP contribution < -0.4 is 31.9 Å². The molecule has 0 bridgehead atoms. The Balaban J connectivity index is -0.0000000331. The number of carbonyl (C=O) groups is 4. The maximum atomic E-state index is 8.89. The van der Waals surface area contributed by atoms with Crippen LogP contribution in [0, 0.1) is 0 Å². The summed E-state index contributed by atoms with van der Waals surface area (Å²) in [5.74, 6) is -4.33. The molecule has 0 amide bonds.